The van der Waals surface area contributed by atoms with E-state index in [1.807, 2.05) is 0 Å². The van der Waals surface area contributed by atoms with Crippen LogP contribution >= 0.6 is 0 Å². The number of carboxylic acids is 1. The van der Waals surface area contributed by atoms with Crippen LogP contribution in [0.3, 0.4) is 0 Å². The number of carbonyl (C=O) groups is 2. The number of hydrogen-bond donors (Lipinski definition) is 1. The van der Waals surface area contributed by atoms with Gasteiger partial charge in [-0.15, -0.1) is 0 Å². The zero-order chi connectivity index (χ0) is 14.4. The molecule has 19 heavy (non-hydrogen) atoms. The molecule has 1 aromatic rings. The summed E-state index contributed by atoms with van der Waals surface area (Å²) in [6, 6.07) is 6.88. The van der Waals surface area contributed by atoms with Crippen LogP contribution in [0.1, 0.15) is 24.3 Å². The van der Waals surface area contributed by atoms with Crippen LogP contribution in [-0.2, 0) is 9.59 Å². The van der Waals surface area contributed by atoms with Crippen LogP contribution in [0.15, 0.2) is 24.3 Å². The molecule has 5 heteroatoms. The van der Waals surface area contributed by atoms with E-state index in [0.29, 0.717) is 17.7 Å². The summed E-state index contributed by atoms with van der Waals surface area (Å²) < 4.78 is 5.03. The normalized spacial score (nSPS) is 11.7. The zero-order valence-electron chi connectivity index (χ0n) is 11.4. The van der Waals surface area contributed by atoms with E-state index in [1.54, 1.807) is 45.5 Å². The summed E-state index contributed by atoms with van der Waals surface area (Å²) >= 11 is 0. The molecular weight excluding hydrogens is 246 g/mol. The van der Waals surface area contributed by atoms with Gasteiger partial charge in [0.15, 0.2) is 0 Å². The van der Waals surface area contributed by atoms with Gasteiger partial charge in [-0.2, -0.15) is 0 Å². The quantitative estimate of drug-likeness (QED) is 0.850. The van der Waals surface area contributed by atoms with Crippen LogP contribution in [0.2, 0.25) is 0 Å². The number of methoxy groups -OCH3 is 1. The predicted molar refractivity (Wildman–Crippen MR) is 71.3 cm³/mol. The molecule has 104 valence electrons. The molecule has 0 aliphatic carbocycles. The Bertz CT molecular complexity index is 439. The van der Waals surface area contributed by atoms with Crippen molar-refractivity contribution in [2.75, 3.05) is 21.2 Å². The summed E-state index contributed by atoms with van der Waals surface area (Å²) in [5.74, 6) is -0.983. The topological polar surface area (TPSA) is 66.8 Å². The molecule has 0 aromatic heterocycles. The lowest BCUT2D eigenvalue weighted by atomic mass is 9.94. The number of aliphatic carboxylic acids is 1. The van der Waals surface area contributed by atoms with Gasteiger partial charge in [-0.3, -0.25) is 9.59 Å². The van der Waals surface area contributed by atoms with Gasteiger partial charge in [0, 0.05) is 20.5 Å². The molecule has 0 spiro atoms. The van der Waals surface area contributed by atoms with Crippen LogP contribution in [0.4, 0.5) is 0 Å². The first kappa shape index (κ1) is 15.0. The summed E-state index contributed by atoms with van der Waals surface area (Å²) in [5, 5.41) is 9.25. The van der Waals surface area contributed by atoms with Crippen molar-refractivity contribution in [1.82, 2.24) is 4.90 Å². The Morgan fingerprint density at radius 3 is 2.26 bits per heavy atom. The summed E-state index contributed by atoms with van der Waals surface area (Å²) in [5.41, 5.74) is 0.680. The van der Waals surface area contributed by atoms with Crippen molar-refractivity contribution < 1.29 is 19.4 Å². The molecule has 0 saturated carbocycles. The molecule has 0 saturated heterocycles. The van der Waals surface area contributed by atoms with E-state index in [2.05, 4.69) is 0 Å². The molecule has 0 heterocycles. The molecule has 0 radical (unpaired) electrons. The fraction of sp³-hybridized carbons (Fsp3) is 0.429. The SMILES string of the molecule is COc1ccc(C(CCC(=O)N(C)C)C(=O)O)cc1. The third-order valence-electron chi connectivity index (χ3n) is 2.96. The number of carbonyl (C=O) groups excluding carboxylic acids is 1. The molecule has 1 atom stereocenters. The van der Waals surface area contributed by atoms with E-state index in [4.69, 9.17) is 4.74 Å². The predicted octanol–water partition coefficient (Wildman–Crippen LogP) is 1.73. The average molecular weight is 265 g/mol. The van der Waals surface area contributed by atoms with Crippen LogP contribution in [-0.4, -0.2) is 43.1 Å². The molecule has 1 N–H and O–H groups in total. The first-order valence-corrected chi connectivity index (χ1v) is 6.02. The second-order valence-corrected chi connectivity index (χ2v) is 4.49. The number of rotatable bonds is 6. The largest absolute Gasteiger partial charge is 0.497 e. The maximum atomic E-state index is 11.5. The van der Waals surface area contributed by atoms with Gasteiger partial charge in [0.25, 0.3) is 0 Å². The van der Waals surface area contributed by atoms with Gasteiger partial charge in [-0.25, -0.2) is 0 Å². The summed E-state index contributed by atoms with van der Waals surface area (Å²) in [4.78, 5) is 24.3. The van der Waals surface area contributed by atoms with E-state index in [9.17, 15) is 14.7 Å². The lowest BCUT2D eigenvalue weighted by molar-refractivity contribution is -0.139. The number of benzene rings is 1. The van der Waals surface area contributed by atoms with Crippen LogP contribution in [0.25, 0.3) is 0 Å². The van der Waals surface area contributed by atoms with Crippen LogP contribution in [0.5, 0.6) is 5.75 Å². The lowest BCUT2D eigenvalue weighted by Crippen LogP contribution is -2.23. The van der Waals surface area contributed by atoms with E-state index in [0.717, 1.165) is 0 Å². The van der Waals surface area contributed by atoms with Gasteiger partial charge < -0.3 is 14.7 Å². The van der Waals surface area contributed by atoms with E-state index in [1.165, 1.54) is 4.90 Å². The summed E-state index contributed by atoms with van der Waals surface area (Å²) in [6.07, 6.45) is 0.509. The van der Waals surface area contributed by atoms with Crippen LogP contribution in [0, 0.1) is 0 Å². The molecule has 0 fully saturated rings. The van der Waals surface area contributed by atoms with Gasteiger partial charge in [0.05, 0.1) is 13.0 Å². The monoisotopic (exact) mass is 265 g/mol. The smallest absolute Gasteiger partial charge is 0.310 e. The number of carboxylic acid groups (broad SMARTS) is 1. The third kappa shape index (κ3) is 4.28. The Morgan fingerprint density at radius 2 is 1.84 bits per heavy atom. The van der Waals surface area contributed by atoms with Crippen molar-refractivity contribution >= 4 is 11.9 Å². The van der Waals surface area contributed by atoms with Crippen molar-refractivity contribution in [2.24, 2.45) is 0 Å². The number of nitrogens with zero attached hydrogens (tertiary/aromatic N) is 1. The highest BCUT2D eigenvalue weighted by atomic mass is 16.5. The van der Waals surface area contributed by atoms with Crippen LogP contribution < -0.4 is 4.74 Å². The minimum absolute atomic E-state index is 0.0697. The van der Waals surface area contributed by atoms with Gasteiger partial charge in [-0.05, 0) is 24.1 Å². The number of ether oxygens (including phenoxy) is 1. The van der Waals surface area contributed by atoms with Crippen molar-refractivity contribution in [3.63, 3.8) is 0 Å². The summed E-state index contributed by atoms with van der Waals surface area (Å²) in [7, 11) is 4.87. The molecule has 1 unspecified atom stereocenters. The minimum atomic E-state index is -0.920. The van der Waals surface area contributed by atoms with Gasteiger partial charge in [-0.1, -0.05) is 12.1 Å². The van der Waals surface area contributed by atoms with E-state index >= 15 is 0 Å². The molecule has 1 amide bonds. The fourth-order valence-corrected chi connectivity index (χ4v) is 1.76. The minimum Gasteiger partial charge on any atom is -0.497 e. The zero-order valence-corrected chi connectivity index (χ0v) is 11.4. The second kappa shape index (κ2) is 6.78. The highest BCUT2D eigenvalue weighted by Gasteiger charge is 2.21. The Hall–Kier alpha value is -2.04. The fourth-order valence-electron chi connectivity index (χ4n) is 1.76. The molecule has 5 nitrogen and oxygen atoms in total. The number of amides is 1. The highest BCUT2D eigenvalue weighted by Crippen LogP contribution is 2.24. The maximum Gasteiger partial charge on any atom is 0.310 e. The Morgan fingerprint density at radius 1 is 1.26 bits per heavy atom. The van der Waals surface area contributed by atoms with E-state index < -0.39 is 11.9 Å². The van der Waals surface area contributed by atoms with E-state index in [-0.39, 0.29) is 12.3 Å². The molecule has 1 rings (SSSR count). The maximum absolute atomic E-state index is 11.5. The lowest BCUT2D eigenvalue weighted by Gasteiger charge is -2.15. The average Bonchev–Trinajstić information content (AvgIpc) is 2.38. The first-order valence-electron chi connectivity index (χ1n) is 6.02. The van der Waals surface area contributed by atoms with Crippen molar-refractivity contribution in [3.05, 3.63) is 29.8 Å². The van der Waals surface area contributed by atoms with Gasteiger partial charge >= 0.3 is 5.97 Å². The summed E-state index contributed by atoms with van der Waals surface area (Å²) in [6.45, 7) is 0. The molecule has 0 aliphatic heterocycles. The number of hydrogen-bond acceptors (Lipinski definition) is 3. The van der Waals surface area contributed by atoms with Gasteiger partial charge in [0.1, 0.15) is 5.75 Å². The third-order valence-corrected chi connectivity index (χ3v) is 2.96. The van der Waals surface area contributed by atoms with Gasteiger partial charge in [0.2, 0.25) is 5.91 Å². The molecule has 1 aromatic carbocycles. The molecule has 0 bridgehead atoms. The van der Waals surface area contributed by atoms with Crippen molar-refractivity contribution in [3.8, 4) is 5.75 Å². The Balaban J connectivity index is 2.76. The Labute approximate surface area is 112 Å². The van der Waals surface area contributed by atoms with Crippen molar-refractivity contribution in [1.29, 1.82) is 0 Å². The standard InChI is InChI=1S/C14H19NO4/c1-15(2)13(16)9-8-12(14(17)18)10-4-6-11(19-3)7-5-10/h4-7,12H,8-9H2,1-3H3,(H,17,18). The Kier molecular flexibility index (Phi) is 5.36. The molecular formula is C14H19NO4. The van der Waals surface area contributed by atoms with Crippen molar-refractivity contribution in [2.45, 2.75) is 18.8 Å². The first-order chi connectivity index (χ1) is 8.95. The molecule has 0 aliphatic rings. The second-order valence-electron chi connectivity index (χ2n) is 4.49. The highest BCUT2D eigenvalue weighted by molar-refractivity contribution is 5.79.